The molecule has 28 heavy (non-hydrogen) atoms. The van der Waals surface area contributed by atoms with Crippen molar-refractivity contribution in [3.05, 3.63) is 0 Å². The van der Waals surface area contributed by atoms with Gasteiger partial charge in [0.2, 0.25) is 0 Å². The van der Waals surface area contributed by atoms with E-state index in [9.17, 15) is 0 Å². The molecule has 2 aliphatic carbocycles. The Labute approximate surface area is 175 Å². The van der Waals surface area contributed by atoms with Crippen molar-refractivity contribution in [2.75, 3.05) is 6.67 Å². The molecule has 0 bridgehead atoms. The van der Waals surface area contributed by atoms with Crippen LogP contribution in [0.25, 0.3) is 0 Å². The molecule has 0 spiro atoms. The molecule has 2 saturated carbocycles. The van der Waals surface area contributed by atoms with E-state index in [0.29, 0.717) is 16.5 Å². The standard InChI is InChI=1S/C25H45BN2/c1-23(22-13-6-18-26-22)14-7-16-24(2,20-9-4-10-20)27-19-28(27)25(3,17-8-15-23)21-11-5-12-21/h20-22,26H,4-19H2,1-3H3. The summed E-state index contributed by atoms with van der Waals surface area (Å²) in [7, 11) is 1.52. The Hall–Kier alpha value is -0.0151. The van der Waals surface area contributed by atoms with Crippen LogP contribution >= 0.6 is 0 Å². The van der Waals surface area contributed by atoms with Crippen LogP contribution in [-0.4, -0.2) is 35.0 Å². The van der Waals surface area contributed by atoms with Crippen LogP contribution in [0.2, 0.25) is 12.1 Å². The van der Waals surface area contributed by atoms with Gasteiger partial charge >= 0.3 is 0 Å². The van der Waals surface area contributed by atoms with Crippen molar-refractivity contribution in [1.29, 1.82) is 0 Å². The second-order valence-electron chi connectivity index (χ2n) is 12.3. The third-order valence-electron chi connectivity index (χ3n) is 10.8. The van der Waals surface area contributed by atoms with Gasteiger partial charge in [-0.05, 0) is 82.5 Å². The Bertz CT molecular complexity index is 527. The summed E-state index contributed by atoms with van der Waals surface area (Å²) in [6.45, 7) is 9.27. The Morgan fingerprint density at radius 1 is 0.643 bits per heavy atom. The summed E-state index contributed by atoms with van der Waals surface area (Å²) in [4.78, 5) is 0. The fourth-order valence-electron chi connectivity index (χ4n) is 7.98. The van der Waals surface area contributed by atoms with Gasteiger partial charge < -0.3 is 0 Å². The van der Waals surface area contributed by atoms with Gasteiger partial charge in [-0.25, -0.2) is 10.0 Å². The van der Waals surface area contributed by atoms with E-state index in [-0.39, 0.29) is 0 Å². The van der Waals surface area contributed by atoms with Crippen molar-refractivity contribution in [2.45, 2.75) is 134 Å². The van der Waals surface area contributed by atoms with Gasteiger partial charge in [-0.1, -0.05) is 57.6 Å². The first kappa shape index (κ1) is 19.9. The fraction of sp³-hybridized carbons (Fsp3) is 1.00. The molecule has 3 heteroatoms. The first-order chi connectivity index (χ1) is 13.5. The molecule has 0 amide bonds. The molecule has 3 aliphatic heterocycles. The molecular formula is C25H45BN2. The van der Waals surface area contributed by atoms with E-state index < -0.39 is 0 Å². The Kier molecular flexibility index (Phi) is 5.19. The highest BCUT2D eigenvalue weighted by Crippen LogP contribution is 2.56. The van der Waals surface area contributed by atoms with Gasteiger partial charge in [0.15, 0.2) is 0 Å². The van der Waals surface area contributed by atoms with Crippen LogP contribution in [-0.2, 0) is 0 Å². The first-order valence-electron chi connectivity index (χ1n) is 13.0. The third kappa shape index (κ3) is 3.22. The maximum Gasteiger partial charge on any atom is 0.124 e. The molecule has 0 aromatic heterocycles. The minimum absolute atomic E-state index is 0.449. The summed E-state index contributed by atoms with van der Waals surface area (Å²) < 4.78 is 0. The van der Waals surface area contributed by atoms with Crippen LogP contribution in [0.15, 0.2) is 0 Å². The lowest BCUT2D eigenvalue weighted by atomic mass is 9.53. The minimum atomic E-state index is 0.449. The third-order valence-corrected chi connectivity index (χ3v) is 10.8. The quantitative estimate of drug-likeness (QED) is 0.411. The highest BCUT2D eigenvalue weighted by Gasteiger charge is 2.59. The average molecular weight is 384 g/mol. The highest BCUT2D eigenvalue weighted by atomic mass is 15.9. The van der Waals surface area contributed by atoms with E-state index in [4.69, 9.17) is 0 Å². The van der Waals surface area contributed by atoms with Crippen molar-refractivity contribution in [2.24, 2.45) is 17.3 Å². The summed E-state index contributed by atoms with van der Waals surface area (Å²) in [6.07, 6.45) is 22.2. The van der Waals surface area contributed by atoms with Gasteiger partial charge in [0.1, 0.15) is 7.28 Å². The summed E-state index contributed by atoms with van der Waals surface area (Å²) in [5, 5.41) is 5.76. The topological polar surface area (TPSA) is 6.02 Å². The molecule has 0 aromatic carbocycles. The molecule has 3 heterocycles. The van der Waals surface area contributed by atoms with Crippen LogP contribution in [0.5, 0.6) is 0 Å². The number of hydrazine groups is 1. The molecule has 2 nitrogen and oxygen atoms in total. The maximum absolute atomic E-state index is 2.88. The molecule has 5 rings (SSSR count). The van der Waals surface area contributed by atoms with Crippen LogP contribution in [0.1, 0.15) is 111 Å². The fourth-order valence-corrected chi connectivity index (χ4v) is 7.98. The second-order valence-corrected chi connectivity index (χ2v) is 12.3. The Morgan fingerprint density at radius 3 is 1.57 bits per heavy atom. The van der Waals surface area contributed by atoms with E-state index in [1.807, 2.05) is 0 Å². The SMILES string of the molecule is CC1(C2BCCC2)CCCC(C)(C2CCC2)N2CN2C(C)(C2CCC2)CCC1. The van der Waals surface area contributed by atoms with Crippen molar-refractivity contribution in [3.63, 3.8) is 0 Å². The van der Waals surface area contributed by atoms with E-state index in [2.05, 4.69) is 30.8 Å². The zero-order valence-corrected chi connectivity index (χ0v) is 19.1. The number of hydrogen-bond acceptors (Lipinski definition) is 2. The van der Waals surface area contributed by atoms with Crippen LogP contribution in [0.3, 0.4) is 0 Å². The lowest BCUT2D eigenvalue weighted by Crippen LogP contribution is -2.53. The molecule has 0 aromatic rings. The highest BCUT2D eigenvalue weighted by molar-refractivity contribution is 6.38. The number of hydrogen-bond donors (Lipinski definition) is 0. The van der Waals surface area contributed by atoms with Crippen molar-refractivity contribution >= 4 is 7.28 Å². The molecule has 0 radical (unpaired) electrons. The zero-order chi connectivity index (χ0) is 19.4. The number of fused-ring (bicyclic) bond motifs is 1. The van der Waals surface area contributed by atoms with Gasteiger partial charge in [-0.3, -0.25) is 0 Å². The Morgan fingerprint density at radius 2 is 1.18 bits per heavy atom. The number of rotatable bonds is 3. The summed E-state index contributed by atoms with van der Waals surface area (Å²) in [6, 6.07) is 0. The van der Waals surface area contributed by atoms with Crippen molar-refractivity contribution in [1.82, 2.24) is 10.0 Å². The predicted molar refractivity (Wildman–Crippen MR) is 121 cm³/mol. The van der Waals surface area contributed by atoms with Crippen molar-refractivity contribution < 1.29 is 0 Å². The smallest absolute Gasteiger partial charge is 0.124 e. The van der Waals surface area contributed by atoms with Crippen molar-refractivity contribution in [3.8, 4) is 0 Å². The molecule has 3 saturated heterocycles. The summed E-state index contributed by atoms with van der Waals surface area (Å²) in [5.74, 6) is 2.94. The van der Waals surface area contributed by atoms with Gasteiger partial charge in [-0.2, -0.15) is 0 Å². The second kappa shape index (κ2) is 7.29. The van der Waals surface area contributed by atoms with Crippen LogP contribution in [0, 0.1) is 17.3 Å². The van der Waals surface area contributed by atoms with Crippen LogP contribution in [0.4, 0.5) is 0 Å². The van der Waals surface area contributed by atoms with E-state index in [1.165, 1.54) is 110 Å². The van der Waals surface area contributed by atoms with E-state index in [0.717, 1.165) is 17.7 Å². The summed E-state index contributed by atoms with van der Waals surface area (Å²) in [5.41, 5.74) is 1.52. The molecular weight excluding hydrogens is 339 g/mol. The number of nitrogens with zero attached hydrogens (tertiary/aromatic N) is 2. The van der Waals surface area contributed by atoms with Gasteiger partial charge in [0.25, 0.3) is 0 Å². The molecule has 5 fully saturated rings. The van der Waals surface area contributed by atoms with Gasteiger partial charge in [-0.15, -0.1) is 0 Å². The molecule has 5 atom stereocenters. The molecule has 5 aliphatic rings. The normalized spacial score (nSPS) is 50.6. The first-order valence-corrected chi connectivity index (χ1v) is 13.0. The average Bonchev–Trinajstić information content (AvgIpc) is 3.19. The largest absolute Gasteiger partial charge is 0.218 e. The summed E-state index contributed by atoms with van der Waals surface area (Å²) >= 11 is 0. The van der Waals surface area contributed by atoms with E-state index in [1.54, 1.807) is 0 Å². The monoisotopic (exact) mass is 384 g/mol. The molecule has 158 valence electrons. The van der Waals surface area contributed by atoms with Crippen LogP contribution < -0.4 is 0 Å². The van der Waals surface area contributed by atoms with E-state index >= 15 is 0 Å². The lowest BCUT2D eigenvalue weighted by Gasteiger charge is -2.48. The minimum Gasteiger partial charge on any atom is -0.218 e. The zero-order valence-electron chi connectivity index (χ0n) is 19.1. The lowest BCUT2D eigenvalue weighted by molar-refractivity contribution is -0.0361. The maximum atomic E-state index is 2.88. The molecule has 0 N–H and O–H groups in total. The molecule has 5 unspecified atom stereocenters. The van der Waals surface area contributed by atoms with Gasteiger partial charge in [0.05, 0.1) is 6.67 Å². The Balaban J connectivity index is 1.40. The predicted octanol–water partition coefficient (Wildman–Crippen LogP) is 6.39. The van der Waals surface area contributed by atoms with Gasteiger partial charge in [0, 0.05) is 11.1 Å².